The molecular formula is C30H29N5O4S. The second-order valence-corrected chi connectivity index (χ2v) is 11.0. The standard InChI is InChI=1S/C30H29N5O4S/c1-18-11-13-23(14-12-18)32-29(37)27-25-9-4-5-10-26(25)40-30(27)34-19(2)15-22(20(34)3)17-31-33-28(36)21-7-6-8-24(16-21)35(38)39/h6-8,11-17H,4-5,9-10H2,1-3H3,(H,32,37)(H,33,36)/b31-17-. The topological polar surface area (TPSA) is 119 Å². The molecule has 0 radical (unpaired) electrons. The van der Waals surface area contributed by atoms with Crippen molar-refractivity contribution >= 4 is 40.7 Å². The minimum atomic E-state index is -0.549. The van der Waals surface area contributed by atoms with Gasteiger partial charge in [-0.3, -0.25) is 19.7 Å². The average Bonchev–Trinajstić information content (AvgIpc) is 3.45. The lowest BCUT2D eigenvalue weighted by Crippen LogP contribution is -2.18. The van der Waals surface area contributed by atoms with Crippen LogP contribution in [0.1, 0.15) is 66.5 Å². The number of fused-ring (bicyclic) bond motifs is 1. The molecule has 0 aliphatic heterocycles. The summed E-state index contributed by atoms with van der Waals surface area (Å²) in [6.45, 7) is 5.94. The molecule has 1 aliphatic rings. The second-order valence-electron chi connectivity index (χ2n) is 9.88. The average molecular weight is 556 g/mol. The van der Waals surface area contributed by atoms with Crippen molar-refractivity contribution in [2.75, 3.05) is 5.32 Å². The van der Waals surface area contributed by atoms with Gasteiger partial charge in [-0.2, -0.15) is 5.10 Å². The number of aryl methyl sites for hydroxylation is 3. The first kappa shape index (κ1) is 27.0. The van der Waals surface area contributed by atoms with Crippen LogP contribution in [0.4, 0.5) is 11.4 Å². The Kier molecular flexibility index (Phi) is 7.61. The summed E-state index contributed by atoms with van der Waals surface area (Å²) in [5, 5.41) is 19.1. The third kappa shape index (κ3) is 5.43. The summed E-state index contributed by atoms with van der Waals surface area (Å²) in [4.78, 5) is 37.9. The van der Waals surface area contributed by atoms with Gasteiger partial charge in [0.1, 0.15) is 5.00 Å². The van der Waals surface area contributed by atoms with Crippen molar-refractivity contribution in [2.24, 2.45) is 5.10 Å². The van der Waals surface area contributed by atoms with E-state index in [0.29, 0.717) is 5.56 Å². The Hall–Kier alpha value is -4.57. The molecule has 10 heteroatoms. The number of amides is 2. The highest BCUT2D eigenvalue weighted by Gasteiger charge is 2.28. The third-order valence-electron chi connectivity index (χ3n) is 7.05. The highest BCUT2D eigenvalue weighted by molar-refractivity contribution is 7.15. The van der Waals surface area contributed by atoms with Crippen LogP contribution < -0.4 is 10.7 Å². The molecule has 2 amide bonds. The first-order valence-electron chi connectivity index (χ1n) is 13.0. The van der Waals surface area contributed by atoms with Crippen molar-refractivity contribution in [1.29, 1.82) is 0 Å². The third-order valence-corrected chi connectivity index (χ3v) is 8.33. The van der Waals surface area contributed by atoms with E-state index in [-0.39, 0.29) is 17.2 Å². The van der Waals surface area contributed by atoms with Gasteiger partial charge in [-0.1, -0.05) is 23.8 Å². The molecule has 2 aromatic heterocycles. The molecule has 2 aromatic carbocycles. The van der Waals surface area contributed by atoms with Gasteiger partial charge in [0, 0.05) is 45.2 Å². The van der Waals surface area contributed by atoms with Crippen LogP contribution in [0.3, 0.4) is 0 Å². The fourth-order valence-electron chi connectivity index (χ4n) is 4.99. The largest absolute Gasteiger partial charge is 0.322 e. The molecule has 2 N–H and O–H groups in total. The predicted octanol–water partition coefficient (Wildman–Crippen LogP) is 6.27. The zero-order chi connectivity index (χ0) is 28.4. The Morgan fingerprint density at radius 3 is 2.52 bits per heavy atom. The van der Waals surface area contributed by atoms with Gasteiger partial charge in [0.05, 0.1) is 16.7 Å². The van der Waals surface area contributed by atoms with E-state index in [2.05, 4.69) is 20.4 Å². The van der Waals surface area contributed by atoms with E-state index >= 15 is 0 Å². The van der Waals surface area contributed by atoms with Gasteiger partial charge in [-0.05, 0) is 76.3 Å². The molecule has 0 spiro atoms. The molecule has 1 aliphatic carbocycles. The number of anilines is 1. The van der Waals surface area contributed by atoms with Gasteiger partial charge >= 0.3 is 0 Å². The molecule has 0 saturated carbocycles. The first-order chi connectivity index (χ1) is 19.2. The summed E-state index contributed by atoms with van der Waals surface area (Å²) < 4.78 is 2.08. The van der Waals surface area contributed by atoms with Gasteiger partial charge < -0.3 is 9.88 Å². The fourth-order valence-corrected chi connectivity index (χ4v) is 6.49. The number of nitro groups is 1. The number of aromatic nitrogens is 1. The van der Waals surface area contributed by atoms with E-state index in [1.165, 1.54) is 29.1 Å². The van der Waals surface area contributed by atoms with Gasteiger partial charge in [-0.15, -0.1) is 11.3 Å². The normalized spacial score (nSPS) is 12.8. The monoisotopic (exact) mass is 555 g/mol. The molecule has 0 bridgehead atoms. The lowest BCUT2D eigenvalue weighted by Gasteiger charge is -2.14. The molecule has 40 heavy (non-hydrogen) atoms. The van der Waals surface area contributed by atoms with Crippen LogP contribution in [0, 0.1) is 30.9 Å². The van der Waals surface area contributed by atoms with E-state index in [4.69, 9.17) is 0 Å². The molecular weight excluding hydrogens is 526 g/mol. The van der Waals surface area contributed by atoms with Gasteiger partial charge in [0.25, 0.3) is 17.5 Å². The lowest BCUT2D eigenvalue weighted by atomic mass is 9.95. The Labute approximate surface area is 235 Å². The first-order valence-corrected chi connectivity index (χ1v) is 13.8. The number of carbonyl (C=O) groups is 2. The van der Waals surface area contributed by atoms with Crippen molar-refractivity contribution < 1.29 is 14.5 Å². The summed E-state index contributed by atoms with van der Waals surface area (Å²) >= 11 is 1.66. The minimum absolute atomic E-state index is 0.120. The quantitative estimate of drug-likeness (QED) is 0.159. The number of nitro benzene ring substituents is 1. The molecule has 4 aromatic rings. The molecule has 0 fully saturated rings. The number of benzene rings is 2. The van der Waals surface area contributed by atoms with Gasteiger partial charge in [0.15, 0.2) is 0 Å². The Balaban J connectivity index is 1.43. The zero-order valence-electron chi connectivity index (χ0n) is 22.5. The van der Waals surface area contributed by atoms with E-state index in [0.717, 1.165) is 64.4 Å². The summed E-state index contributed by atoms with van der Waals surface area (Å²) in [7, 11) is 0. The van der Waals surface area contributed by atoms with Crippen molar-refractivity contribution in [1.82, 2.24) is 9.99 Å². The maximum absolute atomic E-state index is 13.7. The zero-order valence-corrected chi connectivity index (χ0v) is 23.3. The number of hydrazone groups is 1. The van der Waals surface area contributed by atoms with Crippen molar-refractivity contribution in [3.63, 3.8) is 0 Å². The number of nitrogens with zero attached hydrogens (tertiary/aromatic N) is 3. The Morgan fingerprint density at radius 2 is 1.77 bits per heavy atom. The second kappa shape index (κ2) is 11.3. The van der Waals surface area contributed by atoms with E-state index in [1.807, 2.05) is 51.1 Å². The SMILES string of the molecule is Cc1ccc(NC(=O)c2c(-n3c(C)cc(/C=N\NC(=O)c4cccc([N+](=O)[O-])c4)c3C)sc3c2CCCC3)cc1. The number of hydrogen-bond donors (Lipinski definition) is 2. The van der Waals surface area contributed by atoms with Crippen molar-refractivity contribution in [3.05, 3.63) is 109 Å². The van der Waals surface area contributed by atoms with Gasteiger partial charge in [-0.25, -0.2) is 5.43 Å². The molecule has 0 saturated heterocycles. The summed E-state index contributed by atoms with van der Waals surface area (Å²) in [5.41, 5.74) is 8.75. The maximum atomic E-state index is 13.7. The van der Waals surface area contributed by atoms with Crippen LogP contribution >= 0.6 is 11.3 Å². The molecule has 0 atom stereocenters. The summed E-state index contributed by atoms with van der Waals surface area (Å²) in [6, 6.07) is 15.2. The molecule has 9 nitrogen and oxygen atoms in total. The highest BCUT2D eigenvalue weighted by Crippen LogP contribution is 2.39. The summed E-state index contributed by atoms with van der Waals surface area (Å²) in [6.07, 6.45) is 5.55. The van der Waals surface area contributed by atoms with Crippen molar-refractivity contribution in [2.45, 2.75) is 46.5 Å². The maximum Gasteiger partial charge on any atom is 0.271 e. The van der Waals surface area contributed by atoms with Crippen molar-refractivity contribution in [3.8, 4) is 5.00 Å². The Bertz CT molecular complexity index is 1650. The number of non-ortho nitro benzene ring substituents is 1. The minimum Gasteiger partial charge on any atom is -0.322 e. The van der Waals surface area contributed by atoms with Crippen LogP contribution in [-0.2, 0) is 12.8 Å². The smallest absolute Gasteiger partial charge is 0.271 e. The summed E-state index contributed by atoms with van der Waals surface area (Å²) in [5.74, 6) is -0.667. The number of hydrogen-bond acceptors (Lipinski definition) is 6. The molecule has 204 valence electrons. The number of thiophene rings is 1. The molecule has 0 unspecified atom stereocenters. The van der Waals surface area contributed by atoms with Crippen LogP contribution in [0.2, 0.25) is 0 Å². The van der Waals surface area contributed by atoms with Gasteiger partial charge in [0.2, 0.25) is 0 Å². The van der Waals surface area contributed by atoms with E-state index in [1.54, 1.807) is 17.6 Å². The number of nitrogens with one attached hydrogen (secondary N) is 2. The van der Waals surface area contributed by atoms with Crippen LogP contribution in [-0.4, -0.2) is 27.5 Å². The molecule has 5 rings (SSSR count). The van der Waals surface area contributed by atoms with Crippen LogP contribution in [0.15, 0.2) is 59.7 Å². The highest BCUT2D eigenvalue weighted by atomic mass is 32.1. The van der Waals surface area contributed by atoms with Crippen LogP contribution in [0.25, 0.3) is 5.00 Å². The van der Waals surface area contributed by atoms with E-state index < -0.39 is 10.8 Å². The molecule has 2 heterocycles. The fraction of sp³-hybridized carbons (Fsp3) is 0.233. The van der Waals surface area contributed by atoms with E-state index in [9.17, 15) is 19.7 Å². The Morgan fingerprint density at radius 1 is 1.02 bits per heavy atom. The van der Waals surface area contributed by atoms with Crippen LogP contribution in [0.5, 0.6) is 0 Å². The number of rotatable bonds is 7. The lowest BCUT2D eigenvalue weighted by molar-refractivity contribution is -0.384. The number of carbonyl (C=O) groups excluding carboxylic acids is 2. The predicted molar refractivity (Wildman–Crippen MR) is 157 cm³/mol.